The number of nitrogen functional groups attached to an aromatic ring is 1. The fourth-order valence-corrected chi connectivity index (χ4v) is 2.26. The number of halogens is 2. The third kappa shape index (κ3) is 2.66. The molecule has 0 unspecified atom stereocenters. The van der Waals surface area contributed by atoms with Crippen LogP contribution >= 0.6 is 23.2 Å². The van der Waals surface area contributed by atoms with E-state index in [1.54, 1.807) is 36.4 Å². The molecule has 0 spiro atoms. The van der Waals surface area contributed by atoms with E-state index in [2.05, 4.69) is 9.97 Å². The Morgan fingerprint density at radius 3 is 2.60 bits per heavy atom. The van der Waals surface area contributed by atoms with Crippen molar-refractivity contribution in [1.82, 2.24) is 9.97 Å². The lowest BCUT2D eigenvalue weighted by Crippen LogP contribution is -1.97. The van der Waals surface area contributed by atoms with E-state index in [1.807, 2.05) is 0 Å². The highest BCUT2D eigenvalue weighted by Gasteiger charge is 2.07. The zero-order valence-corrected chi connectivity index (χ0v) is 11.9. The minimum atomic E-state index is 0.313. The van der Waals surface area contributed by atoms with Gasteiger partial charge < -0.3 is 15.5 Å². The lowest BCUT2D eigenvalue weighted by atomic mass is 10.3. The van der Waals surface area contributed by atoms with Crippen LogP contribution in [0.15, 0.2) is 36.4 Å². The van der Waals surface area contributed by atoms with Crippen LogP contribution in [0, 0.1) is 0 Å². The molecule has 0 aliphatic rings. The molecule has 0 amide bonds. The first-order chi connectivity index (χ1) is 9.61. The first-order valence-electron chi connectivity index (χ1n) is 5.94. The van der Waals surface area contributed by atoms with Gasteiger partial charge in [0.2, 0.25) is 0 Å². The van der Waals surface area contributed by atoms with Crippen LogP contribution in [0.1, 0.15) is 5.82 Å². The van der Waals surface area contributed by atoms with Crippen LogP contribution < -0.4 is 10.5 Å². The molecule has 4 nitrogen and oxygen atoms in total. The van der Waals surface area contributed by atoms with Gasteiger partial charge in [0.25, 0.3) is 0 Å². The summed E-state index contributed by atoms with van der Waals surface area (Å²) in [6.07, 6.45) is 0. The molecule has 0 bridgehead atoms. The normalized spacial score (nSPS) is 10.9. The lowest BCUT2D eigenvalue weighted by molar-refractivity contribution is 0.297. The van der Waals surface area contributed by atoms with Crippen molar-refractivity contribution in [2.24, 2.45) is 0 Å². The number of rotatable bonds is 3. The Kier molecular flexibility index (Phi) is 3.42. The number of imidazole rings is 1. The SMILES string of the molecule is Nc1cc(Cl)cc2[nH]c(COc3ccc(Cl)cc3)nc12. The molecule has 0 atom stereocenters. The van der Waals surface area contributed by atoms with Gasteiger partial charge in [-0.1, -0.05) is 23.2 Å². The van der Waals surface area contributed by atoms with Crippen molar-refractivity contribution >= 4 is 39.9 Å². The highest BCUT2D eigenvalue weighted by atomic mass is 35.5. The molecule has 1 heterocycles. The third-order valence-corrected chi connectivity index (χ3v) is 3.29. The van der Waals surface area contributed by atoms with E-state index >= 15 is 0 Å². The van der Waals surface area contributed by atoms with E-state index in [9.17, 15) is 0 Å². The number of H-pyrrole nitrogens is 1. The number of nitrogens with zero attached hydrogens (tertiary/aromatic N) is 1. The molecule has 2 aromatic carbocycles. The second-order valence-corrected chi connectivity index (χ2v) is 5.19. The summed E-state index contributed by atoms with van der Waals surface area (Å²) in [4.78, 5) is 7.53. The zero-order valence-electron chi connectivity index (χ0n) is 10.4. The van der Waals surface area contributed by atoms with Gasteiger partial charge >= 0.3 is 0 Å². The highest BCUT2D eigenvalue weighted by Crippen LogP contribution is 2.24. The van der Waals surface area contributed by atoms with Gasteiger partial charge in [-0.2, -0.15) is 0 Å². The fourth-order valence-electron chi connectivity index (χ4n) is 1.91. The molecule has 102 valence electrons. The molecule has 0 radical (unpaired) electrons. The van der Waals surface area contributed by atoms with Crippen LogP contribution in [0.2, 0.25) is 10.0 Å². The van der Waals surface area contributed by atoms with E-state index in [0.29, 0.717) is 33.7 Å². The molecule has 20 heavy (non-hydrogen) atoms. The van der Waals surface area contributed by atoms with Crippen molar-refractivity contribution in [2.75, 3.05) is 5.73 Å². The molecule has 3 N–H and O–H groups in total. The average Bonchev–Trinajstić information content (AvgIpc) is 2.81. The Hall–Kier alpha value is -1.91. The lowest BCUT2D eigenvalue weighted by Gasteiger charge is -2.03. The third-order valence-electron chi connectivity index (χ3n) is 2.82. The molecule has 6 heteroatoms. The van der Waals surface area contributed by atoms with E-state index < -0.39 is 0 Å². The van der Waals surface area contributed by atoms with Gasteiger partial charge in [0.05, 0.1) is 11.2 Å². The van der Waals surface area contributed by atoms with Gasteiger partial charge in [0.1, 0.15) is 23.7 Å². The van der Waals surface area contributed by atoms with E-state index in [1.165, 1.54) is 0 Å². The topological polar surface area (TPSA) is 63.9 Å². The van der Waals surface area contributed by atoms with Crippen molar-refractivity contribution in [1.29, 1.82) is 0 Å². The van der Waals surface area contributed by atoms with Gasteiger partial charge in [0, 0.05) is 10.0 Å². The van der Waals surface area contributed by atoms with Crippen LogP contribution in [0.25, 0.3) is 11.0 Å². The van der Waals surface area contributed by atoms with Gasteiger partial charge in [-0.25, -0.2) is 4.98 Å². The van der Waals surface area contributed by atoms with Crippen LogP contribution in [-0.2, 0) is 6.61 Å². The molecule has 3 aromatic rings. The van der Waals surface area contributed by atoms with Crippen LogP contribution in [0.3, 0.4) is 0 Å². The van der Waals surface area contributed by atoms with Crippen LogP contribution in [0.5, 0.6) is 5.75 Å². The Labute approximate surface area is 125 Å². The van der Waals surface area contributed by atoms with Gasteiger partial charge in [0.15, 0.2) is 0 Å². The Balaban J connectivity index is 1.81. The molecular formula is C14H11Cl2N3O. The number of nitrogens with one attached hydrogen (secondary N) is 1. The van der Waals surface area contributed by atoms with Gasteiger partial charge in [-0.3, -0.25) is 0 Å². The maximum atomic E-state index is 5.95. The smallest absolute Gasteiger partial charge is 0.146 e. The minimum Gasteiger partial charge on any atom is -0.486 e. The Bertz CT molecular complexity index is 753. The first kappa shape index (κ1) is 13.1. The predicted molar refractivity (Wildman–Crippen MR) is 81.3 cm³/mol. The molecule has 0 aliphatic heterocycles. The Morgan fingerprint density at radius 2 is 1.85 bits per heavy atom. The van der Waals surface area contributed by atoms with E-state index in [-0.39, 0.29) is 0 Å². The molecule has 0 saturated heterocycles. The number of ether oxygens (including phenoxy) is 1. The molecule has 0 saturated carbocycles. The summed E-state index contributed by atoms with van der Waals surface area (Å²) < 4.78 is 5.62. The molecule has 0 aliphatic carbocycles. The number of hydrogen-bond donors (Lipinski definition) is 2. The summed E-state index contributed by atoms with van der Waals surface area (Å²) in [6.45, 7) is 0.313. The number of aromatic amines is 1. The second-order valence-electron chi connectivity index (χ2n) is 4.32. The first-order valence-corrected chi connectivity index (χ1v) is 6.69. The summed E-state index contributed by atoms with van der Waals surface area (Å²) in [7, 11) is 0. The van der Waals surface area contributed by atoms with E-state index in [4.69, 9.17) is 33.7 Å². The molecule has 3 rings (SSSR count). The quantitative estimate of drug-likeness (QED) is 0.718. The predicted octanol–water partition coefficient (Wildman–Crippen LogP) is 4.03. The summed E-state index contributed by atoms with van der Waals surface area (Å²) >= 11 is 11.8. The molecule has 0 fully saturated rings. The molecular weight excluding hydrogens is 297 g/mol. The second kappa shape index (κ2) is 5.23. The van der Waals surface area contributed by atoms with Gasteiger partial charge in [-0.15, -0.1) is 0 Å². The average molecular weight is 308 g/mol. The van der Waals surface area contributed by atoms with Gasteiger partial charge in [-0.05, 0) is 36.4 Å². The van der Waals surface area contributed by atoms with Crippen LogP contribution in [0.4, 0.5) is 5.69 Å². The highest BCUT2D eigenvalue weighted by molar-refractivity contribution is 6.31. The fraction of sp³-hybridized carbons (Fsp3) is 0.0714. The van der Waals surface area contributed by atoms with E-state index in [0.717, 1.165) is 11.3 Å². The largest absolute Gasteiger partial charge is 0.486 e. The van der Waals surface area contributed by atoms with Crippen molar-refractivity contribution in [3.05, 3.63) is 52.3 Å². The van der Waals surface area contributed by atoms with Crippen molar-refractivity contribution in [3.8, 4) is 5.75 Å². The zero-order chi connectivity index (χ0) is 14.1. The van der Waals surface area contributed by atoms with Crippen molar-refractivity contribution < 1.29 is 4.74 Å². The maximum Gasteiger partial charge on any atom is 0.146 e. The van der Waals surface area contributed by atoms with Crippen molar-refractivity contribution in [2.45, 2.75) is 6.61 Å². The van der Waals surface area contributed by atoms with Crippen molar-refractivity contribution in [3.63, 3.8) is 0 Å². The monoisotopic (exact) mass is 307 g/mol. The number of nitrogens with two attached hydrogens (primary N) is 1. The summed E-state index contributed by atoms with van der Waals surface area (Å²) in [5, 5.41) is 1.24. The number of anilines is 1. The standard InChI is InChI=1S/C14H11Cl2N3O/c15-8-1-3-10(4-2-8)20-7-13-18-12-6-9(16)5-11(17)14(12)19-13/h1-6H,7,17H2,(H,18,19). The minimum absolute atomic E-state index is 0.313. The number of benzene rings is 2. The summed E-state index contributed by atoms with van der Waals surface area (Å²) in [5.41, 5.74) is 7.91. The number of fused-ring (bicyclic) bond motifs is 1. The summed E-state index contributed by atoms with van der Waals surface area (Å²) in [5.74, 6) is 1.41. The summed E-state index contributed by atoms with van der Waals surface area (Å²) in [6, 6.07) is 10.6. The number of hydrogen-bond acceptors (Lipinski definition) is 3. The Morgan fingerprint density at radius 1 is 1.10 bits per heavy atom. The maximum absolute atomic E-state index is 5.95. The van der Waals surface area contributed by atoms with Crippen LogP contribution in [-0.4, -0.2) is 9.97 Å². The molecule has 1 aromatic heterocycles. The number of aromatic nitrogens is 2.